The second-order valence-electron chi connectivity index (χ2n) is 18.8. The zero-order valence-electron chi connectivity index (χ0n) is 39.9. The van der Waals surface area contributed by atoms with Gasteiger partial charge in [0.05, 0.1) is 12.7 Å². The number of rotatable bonds is 50. The van der Waals surface area contributed by atoms with Crippen molar-refractivity contribution in [3.63, 3.8) is 0 Å². The highest BCUT2D eigenvalue weighted by Crippen LogP contribution is 2.25. The first kappa shape index (κ1) is 57.4. The van der Waals surface area contributed by atoms with E-state index in [1.54, 1.807) is 0 Å². The van der Waals surface area contributed by atoms with Gasteiger partial charge in [-0.2, -0.15) is 0 Å². The Morgan fingerprint density at radius 3 is 0.759 bits per heavy atom. The monoisotopic (exact) mass is 817 g/mol. The Balaban J connectivity index is 4.05. The molecule has 346 valence electrons. The number of hydrogen-bond acceptors (Lipinski definition) is 3. The Morgan fingerprint density at radius 2 is 0.500 bits per heavy atom. The van der Waals surface area contributed by atoms with Crippen LogP contribution in [0.3, 0.4) is 0 Å². The van der Waals surface area contributed by atoms with E-state index < -0.39 is 12.2 Å². The fourth-order valence-electron chi connectivity index (χ4n) is 8.84. The molecule has 2 atom stereocenters. The highest BCUT2D eigenvalue weighted by molar-refractivity contribution is 4.82. The third kappa shape index (κ3) is 46.4. The Bertz CT molecular complexity index is 750. The third-order valence-electron chi connectivity index (χ3n) is 13.0. The quantitative estimate of drug-likeness (QED) is 0.0423. The summed E-state index contributed by atoms with van der Waals surface area (Å²) in [6, 6.07) is 0. The van der Waals surface area contributed by atoms with Crippen molar-refractivity contribution in [1.82, 2.24) is 0 Å². The summed E-state index contributed by atoms with van der Waals surface area (Å²) in [6.45, 7) is 4.25. The number of unbranched alkanes of at least 4 members (excludes halogenated alkanes) is 36. The van der Waals surface area contributed by atoms with Crippen molar-refractivity contribution < 1.29 is 15.3 Å². The van der Waals surface area contributed by atoms with Gasteiger partial charge in [-0.25, -0.2) is 0 Å². The molecule has 3 heteroatoms. The van der Waals surface area contributed by atoms with Crippen LogP contribution in [-0.2, 0) is 0 Å². The molecular formula is C55H108O3. The van der Waals surface area contributed by atoms with Crippen LogP contribution in [0.1, 0.15) is 303 Å². The lowest BCUT2D eigenvalue weighted by atomic mass is 9.89. The van der Waals surface area contributed by atoms with Crippen molar-refractivity contribution in [3.05, 3.63) is 24.3 Å². The van der Waals surface area contributed by atoms with Crippen molar-refractivity contribution in [2.45, 2.75) is 315 Å². The van der Waals surface area contributed by atoms with Crippen molar-refractivity contribution >= 4 is 0 Å². The first-order valence-electron chi connectivity index (χ1n) is 26.9. The average molecular weight is 817 g/mol. The van der Waals surface area contributed by atoms with Crippen LogP contribution < -0.4 is 0 Å². The van der Waals surface area contributed by atoms with Crippen LogP contribution in [0.15, 0.2) is 24.3 Å². The topological polar surface area (TPSA) is 60.7 Å². The summed E-state index contributed by atoms with van der Waals surface area (Å²) >= 11 is 0. The lowest BCUT2D eigenvalue weighted by molar-refractivity contribution is -0.0185. The molecule has 3 N–H and O–H groups in total. The SMILES string of the molecule is CCCCCCCC/C=C\CCCCCCCCC(CCCCCCCC/C=C\CCCCCCCC)CCCCCCCCCCCCCCCC(O)C(O)CO. The van der Waals surface area contributed by atoms with E-state index in [4.69, 9.17) is 5.11 Å². The normalized spacial score (nSPS) is 13.2. The minimum atomic E-state index is -0.981. The maximum atomic E-state index is 9.74. The summed E-state index contributed by atoms with van der Waals surface area (Å²) in [5, 5.41) is 28.1. The first-order valence-corrected chi connectivity index (χ1v) is 26.9. The standard InChI is InChI=1S/C55H108O3/c1-3-5-7-9-11-13-15-17-19-21-24-28-32-36-40-44-48-53(49-45-41-37-33-29-25-22-20-18-16-14-12-10-8-6-4-2)50-46-42-38-34-30-26-23-27-31-35-39-43-47-51-54(57)55(58)52-56/h17-20,53-58H,3-16,21-52H2,1-2H3/b19-17-,20-18-. The minimum absolute atomic E-state index is 0.349. The lowest BCUT2D eigenvalue weighted by Gasteiger charge is -2.17. The summed E-state index contributed by atoms with van der Waals surface area (Å²) in [5.74, 6) is 0.978. The van der Waals surface area contributed by atoms with Gasteiger partial charge < -0.3 is 15.3 Å². The summed E-state index contributed by atoms with van der Waals surface area (Å²) in [4.78, 5) is 0. The number of allylic oxidation sites excluding steroid dienone is 4. The Hall–Kier alpha value is -0.640. The molecule has 0 aromatic carbocycles. The number of aliphatic hydroxyl groups is 3. The molecule has 0 fully saturated rings. The van der Waals surface area contributed by atoms with Gasteiger partial charge in [-0.3, -0.25) is 0 Å². The van der Waals surface area contributed by atoms with E-state index in [2.05, 4.69) is 38.2 Å². The van der Waals surface area contributed by atoms with Gasteiger partial charge in [-0.05, 0) is 63.7 Å². The van der Waals surface area contributed by atoms with Crippen LogP contribution >= 0.6 is 0 Å². The molecule has 0 aromatic rings. The second kappa shape index (κ2) is 50.7. The molecule has 0 rings (SSSR count). The van der Waals surface area contributed by atoms with Crippen molar-refractivity contribution in [1.29, 1.82) is 0 Å². The molecule has 0 saturated heterocycles. The maximum Gasteiger partial charge on any atom is 0.103 e. The van der Waals surface area contributed by atoms with Crippen LogP contribution in [-0.4, -0.2) is 34.1 Å². The van der Waals surface area contributed by atoms with Gasteiger partial charge in [0.1, 0.15) is 6.10 Å². The molecule has 0 aliphatic carbocycles. The van der Waals surface area contributed by atoms with E-state index >= 15 is 0 Å². The molecule has 0 heterocycles. The third-order valence-corrected chi connectivity index (χ3v) is 13.0. The number of aliphatic hydroxyl groups excluding tert-OH is 3. The molecule has 0 aromatic heterocycles. The highest BCUT2D eigenvalue weighted by atomic mass is 16.4. The van der Waals surface area contributed by atoms with Gasteiger partial charge >= 0.3 is 0 Å². The summed E-state index contributed by atoms with van der Waals surface area (Å²) in [6.07, 6.45) is 69.7. The zero-order chi connectivity index (χ0) is 42.1. The molecule has 0 spiro atoms. The molecule has 0 aliphatic rings. The van der Waals surface area contributed by atoms with Crippen LogP contribution in [0.2, 0.25) is 0 Å². The fourth-order valence-corrected chi connectivity index (χ4v) is 8.84. The van der Waals surface area contributed by atoms with Gasteiger partial charge in [0.2, 0.25) is 0 Å². The molecule has 0 aliphatic heterocycles. The van der Waals surface area contributed by atoms with E-state index in [1.807, 2.05) is 0 Å². The van der Waals surface area contributed by atoms with Crippen LogP contribution in [0.5, 0.6) is 0 Å². The Labute approximate surface area is 365 Å². The second-order valence-corrected chi connectivity index (χ2v) is 18.8. The van der Waals surface area contributed by atoms with Gasteiger partial charge in [0.25, 0.3) is 0 Å². The van der Waals surface area contributed by atoms with Gasteiger partial charge in [0, 0.05) is 0 Å². The lowest BCUT2D eigenvalue weighted by Crippen LogP contribution is -2.28. The zero-order valence-corrected chi connectivity index (χ0v) is 39.9. The molecule has 0 amide bonds. The summed E-state index contributed by atoms with van der Waals surface area (Å²) < 4.78 is 0. The molecule has 0 bridgehead atoms. The largest absolute Gasteiger partial charge is 0.394 e. The van der Waals surface area contributed by atoms with Crippen molar-refractivity contribution in [3.8, 4) is 0 Å². The molecular weight excluding hydrogens is 709 g/mol. The Kier molecular flexibility index (Phi) is 50.2. The van der Waals surface area contributed by atoms with Crippen LogP contribution in [0.25, 0.3) is 0 Å². The van der Waals surface area contributed by atoms with E-state index in [1.165, 1.54) is 270 Å². The van der Waals surface area contributed by atoms with E-state index in [9.17, 15) is 10.2 Å². The minimum Gasteiger partial charge on any atom is -0.394 e. The average Bonchev–Trinajstić information content (AvgIpc) is 3.23. The van der Waals surface area contributed by atoms with Crippen LogP contribution in [0.4, 0.5) is 0 Å². The summed E-state index contributed by atoms with van der Waals surface area (Å²) in [7, 11) is 0. The maximum absolute atomic E-state index is 9.74. The van der Waals surface area contributed by atoms with E-state index in [0.717, 1.165) is 18.8 Å². The molecule has 3 nitrogen and oxygen atoms in total. The van der Waals surface area contributed by atoms with Gasteiger partial charge in [-0.1, -0.05) is 269 Å². The van der Waals surface area contributed by atoms with Gasteiger partial charge in [0.15, 0.2) is 0 Å². The Morgan fingerprint density at radius 1 is 0.276 bits per heavy atom. The number of hydrogen-bond donors (Lipinski definition) is 3. The predicted molar refractivity (Wildman–Crippen MR) is 260 cm³/mol. The van der Waals surface area contributed by atoms with Crippen molar-refractivity contribution in [2.24, 2.45) is 5.92 Å². The smallest absolute Gasteiger partial charge is 0.103 e. The van der Waals surface area contributed by atoms with Gasteiger partial charge in [-0.15, -0.1) is 0 Å². The highest BCUT2D eigenvalue weighted by Gasteiger charge is 2.14. The molecule has 58 heavy (non-hydrogen) atoms. The molecule has 0 radical (unpaired) electrons. The predicted octanol–water partition coefficient (Wildman–Crippen LogP) is 18.0. The first-order chi connectivity index (χ1) is 28.7. The molecule has 2 unspecified atom stereocenters. The fraction of sp³-hybridized carbons (Fsp3) is 0.927. The van der Waals surface area contributed by atoms with E-state index in [-0.39, 0.29) is 6.61 Å². The van der Waals surface area contributed by atoms with Crippen LogP contribution in [0, 0.1) is 5.92 Å². The van der Waals surface area contributed by atoms with Crippen molar-refractivity contribution in [2.75, 3.05) is 6.61 Å². The molecule has 0 saturated carbocycles. The summed E-state index contributed by atoms with van der Waals surface area (Å²) in [5.41, 5.74) is 0. The van der Waals surface area contributed by atoms with E-state index in [0.29, 0.717) is 6.42 Å².